The summed E-state index contributed by atoms with van der Waals surface area (Å²) < 4.78 is 9.90. The van der Waals surface area contributed by atoms with Gasteiger partial charge in [-0.1, -0.05) is 0 Å². The van der Waals surface area contributed by atoms with Crippen LogP contribution in [0.1, 0.15) is 10.4 Å². The van der Waals surface area contributed by atoms with Gasteiger partial charge in [-0.25, -0.2) is 4.79 Å². The van der Waals surface area contributed by atoms with Crippen LogP contribution in [-0.4, -0.2) is 49.7 Å². The molecular weight excluding hydrogens is 262 g/mol. The fraction of sp³-hybridized carbons (Fsp3) is 0.385. The molecule has 7 heteroatoms. The van der Waals surface area contributed by atoms with Crippen molar-refractivity contribution in [3.63, 3.8) is 0 Å². The highest BCUT2D eigenvalue weighted by atomic mass is 16.6. The number of ether oxygens (including phenoxy) is 2. The summed E-state index contributed by atoms with van der Waals surface area (Å²) in [5.41, 5.74) is 12.6. The van der Waals surface area contributed by atoms with E-state index >= 15 is 0 Å². The summed E-state index contributed by atoms with van der Waals surface area (Å²) in [6.45, 7) is 0.838. The van der Waals surface area contributed by atoms with Crippen LogP contribution in [0.15, 0.2) is 18.2 Å². The summed E-state index contributed by atoms with van der Waals surface area (Å²) in [6.07, 6.45) is -0.754. The summed E-state index contributed by atoms with van der Waals surface area (Å²) >= 11 is 0. The lowest BCUT2D eigenvalue weighted by Gasteiger charge is -2.31. The second-order valence-electron chi connectivity index (χ2n) is 4.52. The van der Waals surface area contributed by atoms with E-state index in [1.54, 1.807) is 18.2 Å². The highest BCUT2D eigenvalue weighted by Crippen LogP contribution is 2.17. The number of benzene rings is 1. The molecule has 1 atom stereocenters. The number of nitrogens with zero attached hydrogens (tertiary/aromatic N) is 1. The van der Waals surface area contributed by atoms with Gasteiger partial charge in [-0.3, -0.25) is 4.79 Å². The van der Waals surface area contributed by atoms with Crippen LogP contribution in [0.4, 0.5) is 11.4 Å². The van der Waals surface area contributed by atoms with Gasteiger partial charge in [-0.2, -0.15) is 0 Å². The molecule has 1 aliphatic heterocycles. The van der Waals surface area contributed by atoms with Crippen LogP contribution in [0.5, 0.6) is 0 Å². The van der Waals surface area contributed by atoms with E-state index in [-0.39, 0.29) is 19.1 Å². The molecule has 2 rings (SSSR count). The number of anilines is 2. The number of carbonyl (C=O) groups is 2. The number of esters is 1. The molecule has 0 spiro atoms. The first-order valence-corrected chi connectivity index (χ1v) is 6.16. The van der Waals surface area contributed by atoms with E-state index in [0.29, 0.717) is 23.5 Å². The number of amides is 1. The van der Waals surface area contributed by atoms with E-state index in [0.717, 1.165) is 0 Å². The molecule has 1 unspecified atom stereocenters. The second-order valence-corrected chi connectivity index (χ2v) is 4.52. The standard InChI is InChI=1S/C13H17N3O4/c1-19-13(18)11-7-16(2-3-20-11)12(17)8-4-9(14)6-10(15)5-8/h4-6,11H,2-3,7,14-15H2,1H3. The van der Waals surface area contributed by atoms with Crippen molar-refractivity contribution in [2.75, 3.05) is 38.3 Å². The predicted molar refractivity (Wildman–Crippen MR) is 72.9 cm³/mol. The average molecular weight is 279 g/mol. The van der Waals surface area contributed by atoms with Gasteiger partial charge in [0, 0.05) is 23.5 Å². The van der Waals surface area contributed by atoms with E-state index in [2.05, 4.69) is 4.74 Å². The minimum atomic E-state index is -0.754. The van der Waals surface area contributed by atoms with Crippen LogP contribution in [0.25, 0.3) is 0 Å². The Morgan fingerprint density at radius 1 is 1.30 bits per heavy atom. The molecule has 1 aliphatic rings. The Labute approximate surface area is 116 Å². The van der Waals surface area contributed by atoms with Gasteiger partial charge in [0.15, 0.2) is 6.10 Å². The van der Waals surface area contributed by atoms with Crippen molar-refractivity contribution >= 4 is 23.3 Å². The molecule has 4 N–H and O–H groups in total. The quantitative estimate of drug-likeness (QED) is 0.576. The fourth-order valence-electron chi connectivity index (χ4n) is 2.09. The Morgan fingerprint density at radius 3 is 2.55 bits per heavy atom. The molecule has 108 valence electrons. The number of methoxy groups -OCH3 is 1. The number of hydrogen-bond donors (Lipinski definition) is 2. The second kappa shape index (κ2) is 5.79. The zero-order valence-electron chi connectivity index (χ0n) is 11.2. The molecule has 1 amide bonds. The van der Waals surface area contributed by atoms with E-state index in [1.165, 1.54) is 12.0 Å². The zero-order chi connectivity index (χ0) is 14.7. The van der Waals surface area contributed by atoms with E-state index < -0.39 is 12.1 Å². The monoisotopic (exact) mass is 279 g/mol. The zero-order valence-corrected chi connectivity index (χ0v) is 11.2. The van der Waals surface area contributed by atoms with Crippen molar-refractivity contribution in [3.05, 3.63) is 23.8 Å². The van der Waals surface area contributed by atoms with Gasteiger partial charge in [0.25, 0.3) is 5.91 Å². The number of nitrogen functional groups attached to an aromatic ring is 2. The molecule has 1 heterocycles. The maximum Gasteiger partial charge on any atom is 0.336 e. The highest BCUT2D eigenvalue weighted by Gasteiger charge is 2.30. The summed E-state index contributed by atoms with van der Waals surface area (Å²) in [6, 6.07) is 4.69. The molecule has 1 aromatic rings. The van der Waals surface area contributed by atoms with Crippen molar-refractivity contribution in [1.29, 1.82) is 0 Å². The Balaban J connectivity index is 2.14. The van der Waals surface area contributed by atoms with Gasteiger partial charge >= 0.3 is 5.97 Å². The molecule has 1 fully saturated rings. The van der Waals surface area contributed by atoms with Gasteiger partial charge in [-0.15, -0.1) is 0 Å². The molecule has 0 radical (unpaired) electrons. The summed E-state index contributed by atoms with van der Waals surface area (Å²) in [5, 5.41) is 0. The van der Waals surface area contributed by atoms with Gasteiger partial charge in [-0.05, 0) is 18.2 Å². The van der Waals surface area contributed by atoms with E-state index in [4.69, 9.17) is 16.2 Å². The van der Waals surface area contributed by atoms with Gasteiger partial charge < -0.3 is 25.8 Å². The summed E-state index contributed by atoms with van der Waals surface area (Å²) in [5.74, 6) is -0.726. The van der Waals surface area contributed by atoms with Gasteiger partial charge in [0.2, 0.25) is 0 Å². The van der Waals surface area contributed by atoms with Crippen molar-refractivity contribution in [3.8, 4) is 0 Å². The lowest BCUT2D eigenvalue weighted by atomic mass is 10.1. The number of hydrogen-bond acceptors (Lipinski definition) is 6. The van der Waals surface area contributed by atoms with Gasteiger partial charge in [0.1, 0.15) is 0 Å². The Bertz CT molecular complexity index is 512. The Hall–Kier alpha value is -2.28. The topological polar surface area (TPSA) is 108 Å². The third kappa shape index (κ3) is 3.00. The summed E-state index contributed by atoms with van der Waals surface area (Å²) in [7, 11) is 1.28. The maximum absolute atomic E-state index is 12.4. The number of rotatable bonds is 2. The smallest absolute Gasteiger partial charge is 0.336 e. The molecule has 0 aliphatic carbocycles. The summed E-state index contributed by atoms with van der Waals surface area (Å²) in [4.78, 5) is 25.3. The first kappa shape index (κ1) is 14.1. The average Bonchev–Trinajstić information content (AvgIpc) is 2.44. The number of nitrogens with two attached hydrogens (primary N) is 2. The Morgan fingerprint density at radius 2 is 1.95 bits per heavy atom. The molecule has 0 aromatic heterocycles. The molecule has 7 nitrogen and oxygen atoms in total. The fourth-order valence-corrected chi connectivity index (χ4v) is 2.09. The van der Waals surface area contributed by atoms with E-state index in [1.807, 2.05) is 0 Å². The highest BCUT2D eigenvalue weighted by molar-refractivity contribution is 5.96. The first-order chi connectivity index (χ1) is 9.51. The SMILES string of the molecule is COC(=O)C1CN(C(=O)c2cc(N)cc(N)c2)CCO1. The van der Waals surface area contributed by atoms with Crippen LogP contribution in [-0.2, 0) is 14.3 Å². The molecule has 20 heavy (non-hydrogen) atoms. The minimum Gasteiger partial charge on any atom is -0.467 e. The lowest BCUT2D eigenvalue weighted by molar-refractivity contribution is -0.158. The van der Waals surface area contributed by atoms with Crippen molar-refractivity contribution < 1.29 is 19.1 Å². The molecule has 0 saturated carbocycles. The van der Waals surface area contributed by atoms with Crippen LogP contribution in [0, 0.1) is 0 Å². The third-order valence-electron chi connectivity index (χ3n) is 3.04. The van der Waals surface area contributed by atoms with Crippen LogP contribution in [0.2, 0.25) is 0 Å². The van der Waals surface area contributed by atoms with Crippen LogP contribution >= 0.6 is 0 Å². The van der Waals surface area contributed by atoms with Crippen molar-refractivity contribution in [1.82, 2.24) is 4.90 Å². The largest absolute Gasteiger partial charge is 0.467 e. The first-order valence-electron chi connectivity index (χ1n) is 6.16. The minimum absolute atomic E-state index is 0.153. The maximum atomic E-state index is 12.4. The number of carbonyl (C=O) groups excluding carboxylic acids is 2. The molecule has 1 aromatic carbocycles. The predicted octanol–water partition coefficient (Wildman–Crippen LogP) is -0.135. The Kier molecular flexibility index (Phi) is 4.09. The van der Waals surface area contributed by atoms with Crippen LogP contribution in [0.3, 0.4) is 0 Å². The van der Waals surface area contributed by atoms with Crippen molar-refractivity contribution in [2.45, 2.75) is 6.10 Å². The molecule has 1 saturated heterocycles. The number of morpholine rings is 1. The van der Waals surface area contributed by atoms with Crippen molar-refractivity contribution in [2.24, 2.45) is 0 Å². The molecule has 0 bridgehead atoms. The third-order valence-corrected chi connectivity index (χ3v) is 3.04. The van der Waals surface area contributed by atoms with Crippen LogP contribution < -0.4 is 11.5 Å². The van der Waals surface area contributed by atoms with E-state index in [9.17, 15) is 9.59 Å². The normalized spacial score (nSPS) is 18.6. The lowest BCUT2D eigenvalue weighted by Crippen LogP contribution is -2.48. The molecular formula is C13H17N3O4. The van der Waals surface area contributed by atoms with Gasteiger partial charge in [0.05, 0.1) is 20.3 Å².